The van der Waals surface area contributed by atoms with Gasteiger partial charge in [0.1, 0.15) is 24.8 Å². The van der Waals surface area contributed by atoms with Crippen molar-refractivity contribution in [3.8, 4) is 17.2 Å². The van der Waals surface area contributed by atoms with Crippen LogP contribution in [0.2, 0.25) is 0 Å². The summed E-state index contributed by atoms with van der Waals surface area (Å²) >= 11 is 0. The van der Waals surface area contributed by atoms with Crippen molar-refractivity contribution in [2.75, 3.05) is 13.2 Å². The lowest BCUT2D eigenvalue weighted by Gasteiger charge is -2.19. The Labute approximate surface area is 155 Å². The molecule has 1 aliphatic heterocycles. The molecule has 2 amide bonds. The summed E-state index contributed by atoms with van der Waals surface area (Å²) in [5, 5.41) is 0. The summed E-state index contributed by atoms with van der Waals surface area (Å²) in [5.74, 6) is 0.263. The van der Waals surface area contributed by atoms with Gasteiger partial charge in [0, 0.05) is 0 Å². The summed E-state index contributed by atoms with van der Waals surface area (Å²) in [6.45, 7) is 2.48. The molecule has 0 fully saturated rings. The molecule has 0 aromatic heterocycles. The number of carbonyl (C=O) groups excluding carboxylic acids is 2. The molecule has 27 heavy (non-hydrogen) atoms. The van der Waals surface area contributed by atoms with Crippen LogP contribution < -0.4 is 25.1 Å². The molecule has 1 unspecified atom stereocenters. The SMILES string of the molecule is CC(Oc1ccc(F)cc1)C(=O)NNC(=O)Cc1ccc2c(c1)OCCO2. The number of nitrogens with one attached hydrogen (secondary N) is 2. The van der Waals surface area contributed by atoms with Crippen molar-refractivity contribution in [3.63, 3.8) is 0 Å². The van der Waals surface area contributed by atoms with Gasteiger partial charge in [-0.15, -0.1) is 0 Å². The van der Waals surface area contributed by atoms with E-state index in [9.17, 15) is 14.0 Å². The number of ether oxygens (including phenoxy) is 3. The third kappa shape index (κ3) is 5.10. The Bertz CT molecular complexity index is 825. The lowest BCUT2D eigenvalue weighted by Crippen LogP contribution is -2.47. The van der Waals surface area contributed by atoms with Crippen LogP contribution in [-0.2, 0) is 16.0 Å². The zero-order chi connectivity index (χ0) is 19.2. The number of hydrogen-bond donors (Lipinski definition) is 2. The molecule has 7 nitrogen and oxygen atoms in total. The fourth-order valence-electron chi connectivity index (χ4n) is 2.43. The van der Waals surface area contributed by atoms with E-state index in [1.54, 1.807) is 18.2 Å². The third-order valence-electron chi connectivity index (χ3n) is 3.79. The van der Waals surface area contributed by atoms with Gasteiger partial charge in [0.25, 0.3) is 5.91 Å². The first kappa shape index (κ1) is 18.5. The topological polar surface area (TPSA) is 85.9 Å². The molecule has 0 aliphatic carbocycles. The van der Waals surface area contributed by atoms with Gasteiger partial charge in [-0.25, -0.2) is 4.39 Å². The number of fused-ring (bicyclic) bond motifs is 1. The zero-order valence-corrected chi connectivity index (χ0v) is 14.7. The molecular weight excluding hydrogens is 355 g/mol. The third-order valence-corrected chi connectivity index (χ3v) is 3.79. The maximum atomic E-state index is 12.9. The molecule has 0 spiro atoms. The van der Waals surface area contributed by atoms with E-state index >= 15 is 0 Å². The van der Waals surface area contributed by atoms with Crippen molar-refractivity contribution in [1.82, 2.24) is 10.9 Å². The highest BCUT2D eigenvalue weighted by Gasteiger charge is 2.17. The molecule has 0 radical (unpaired) electrons. The highest BCUT2D eigenvalue weighted by atomic mass is 19.1. The Morgan fingerprint density at radius 1 is 1.07 bits per heavy atom. The number of hydrogen-bond acceptors (Lipinski definition) is 5. The van der Waals surface area contributed by atoms with E-state index in [1.165, 1.54) is 31.2 Å². The maximum Gasteiger partial charge on any atom is 0.279 e. The predicted molar refractivity (Wildman–Crippen MR) is 93.9 cm³/mol. The number of rotatable bonds is 5. The van der Waals surface area contributed by atoms with Crippen LogP contribution in [0.15, 0.2) is 42.5 Å². The second-order valence-corrected chi connectivity index (χ2v) is 5.91. The average Bonchev–Trinajstić information content (AvgIpc) is 2.67. The van der Waals surface area contributed by atoms with Crippen LogP contribution >= 0.6 is 0 Å². The summed E-state index contributed by atoms with van der Waals surface area (Å²) in [7, 11) is 0. The fraction of sp³-hybridized carbons (Fsp3) is 0.263. The first-order valence-electron chi connectivity index (χ1n) is 8.41. The number of halogens is 1. The number of amides is 2. The average molecular weight is 374 g/mol. The highest BCUT2D eigenvalue weighted by Crippen LogP contribution is 2.30. The number of carbonyl (C=O) groups is 2. The van der Waals surface area contributed by atoms with Gasteiger partial charge in [0.15, 0.2) is 17.6 Å². The Balaban J connectivity index is 1.46. The molecule has 2 N–H and O–H groups in total. The molecule has 0 saturated carbocycles. The smallest absolute Gasteiger partial charge is 0.279 e. The molecule has 8 heteroatoms. The van der Waals surface area contributed by atoms with Crippen molar-refractivity contribution >= 4 is 11.8 Å². The standard InChI is InChI=1S/C19H19FN2O5/c1-12(27-15-5-3-14(20)4-6-15)19(24)22-21-18(23)11-13-2-7-16-17(10-13)26-9-8-25-16/h2-7,10,12H,8-9,11H2,1H3,(H,21,23)(H,22,24). The van der Waals surface area contributed by atoms with Crippen LogP contribution in [0.5, 0.6) is 17.2 Å². The fourth-order valence-corrected chi connectivity index (χ4v) is 2.43. The molecule has 3 rings (SSSR count). The summed E-state index contributed by atoms with van der Waals surface area (Å²) < 4.78 is 29.2. The first-order valence-corrected chi connectivity index (χ1v) is 8.41. The van der Waals surface area contributed by atoms with E-state index in [1.807, 2.05) is 0 Å². The zero-order valence-electron chi connectivity index (χ0n) is 14.7. The number of benzene rings is 2. The first-order chi connectivity index (χ1) is 13.0. The molecule has 1 heterocycles. The van der Waals surface area contributed by atoms with Gasteiger partial charge >= 0.3 is 0 Å². The van der Waals surface area contributed by atoms with E-state index < -0.39 is 23.7 Å². The molecule has 2 aromatic rings. The van der Waals surface area contributed by atoms with Crippen molar-refractivity contribution < 1.29 is 28.2 Å². The molecule has 0 saturated heterocycles. The molecule has 2 aromatic carbocycles. The van der Waals surface area contributed by atoms with E-state index in [0.29, 0.717) is 30.5 Å². The van der Waals surface area contributed by atoms with E-state index in [2.05, 4.69) is 10.9 Å². The monoisotopic (exact) mass is 374 g/mol. The van der Waals surface area contributed by atoms with Crippen molar-refractivity contribution in [2.45, 2.75) is 19.4 Å². The normalized spacial score (nSPS) is 13.4. The van der Waals surface area contributed by atoms with E-state index in [0.717, 1.165) is 5.56 Å². The van der Waals surface area contributed by atoms with Gasteiger partial charge in [-0.2, -0.15) is 0 Å². The molecule has 142 valence electrons. The molecule has 1 atom stereocenters. The molecule has 1 aliphatic rings. The van der Waals surface area contributed by atoms with Gasteiger partial charge in [0.05, 0.1) is 6.42 Å². The van der Waals surface area contributed by atoms with Gasteiger partial charge in [-0.05, 0) is 48.9 Å². The molecular formula is C19H19FN2O5. The van der Waals surface area contributed by atoms with Crippen molar-refractivity contribution in [2.24, 2.45) is 0 Å². The highest BCUT2D eigenvalue weighted by molar-refractivity contribution is 5.85. The molecule has 0 bridgehead atoms. The van der Waals surface area contributed by atoms with Gasteiger partial charge in [-0.1, -0.05) is 6.07 Å². The van der Waals surface area contributed by atoms with Gasteiger partial charge < -0.3 is 14.2 Å². The van der Waals surface area contributed by atoms with Crippen LogP contribution in [0, 0.1) is 5.82 Å². The summed E-state index contributed by atoms with van der Waals surface area (Å²) in [6.07, 6.45) is -0.811. The summed E-state index contributed by atoms with van der Waals surface area (Å²) in [4.78, 5) is 24.0. The van der Waals surface area contributed by atoms with Crippen molar-refractivity contribution in [3.05, 3.63) is 53.8 Å². The minimum atomic E-state index is -0.870. The second kappa shape index (κ2) is 8.39. The van der Waals surface area contributed by atoms with Crippen LogP contribution in [0.4, 0.5) is 4.39 Å². The van der Waals surface area contributed by atoms with Crippen LogP contribution in [0.25, 0.3) is 0 Å². The summed E-state index contributed by atoms with van der Waals surface area (Å²) in [5.41, 5.74) is 5.36. The minimum absolute atomic E-state index is 0.0596. The quantitative estimate of drug-likeness (QED) is 0.779. The lowest BCUT2D eigenvalue weighted by atomic mass is 10.1. The van der Waals surface area contributed by atoms with Crippen LogP contribution in [0.3, 0.4) is 0 Å². The van der Waals surface area contributed by atoms with Crippen molar-refractivity contribution in [1.29, 1.82) is 0 Å². The van der Waals surface area contributed by atoms with Gasteiger partial charge in [0.2, 0.25) is 5.91 Å². The minimum Gasteiger partial charge on any atom is -0.486 e. The Hall–Kier alpha value is -3.29. The second-order valence-electron chi connectivity index (χ2n) is 5.91. The van der Waals surface area contributed by atoms with Crippen LogP contribution in [0.1, 0.15) is 12.5 Å². The predicted octanol–water partition coefficient (Wildman–Crippen LogP) is 1.75. The van der Waals surface area contributed by atoms with Crippen LogP contribution in [-0.4, -0.2) is 31.1 Å². The largest absolute Gasteiger partial charge is 0.486 e. The van der Waals surface area contributed by atoms with E-state index in [4.69, 9.17) is 14.2 Å². The van der Waals surface area contributed by atoms with Gasteiger partial charge in [-0.3, -0.25) is 20.4 Å². The number of hydrazine groups is 1. The Morgan fingerprint density at radius 3 is 2.52 bits per heavy atom. The summed E-state index contributed by atoms with van der Waals surface area (Å²) in [6, 6.07) is 10.5. The Kier molecular flexibility index (Phi) is 5.75. The van der Waals surface area contributed by atoms with E-state index in [-0.39, 0.29) is 6.42 Å². The lowest BCUT2D eigenvalue weighted by molar-refractivity contribution is -0.132. The Morgan fingerprint density at radius 2 is 1.78 bits per heavy atom. The maximum absolute atomic E-state index is 12.9.